The maximum atomic E-state index is 12.7. The average molecular weight is 327 g/mol. The molecule has 6 nitrogen and oxygen atoms in total. The SMILES string of the molecule is CCOC(=O)C1(C(=O)O)CCn2c(C(=O)c3ccccc3)ccc21. The maximum Gasteiger partial charge on any atom is 0.329 e. The summed E-state index contributed by atoms with van der Waals surface area (Å²) in [5.41, 5.74) is -0.552. The second-order valence-electron chi connectivity index (χ2n) is 5.63. The molecule has 1 aliphatic rings. The molecule has 1 aromatic carbocycles. The zero-order valence-electron chi connectivity index (χ0n) is 13.2. The van der Waals surface area contributed by atoms with Crippen molar-refractivity contribution in [1.29, 1.82) is 0 Å². The van der Waals surface area contributed by atoms with E-state index < -0.39 is 17.4 Å². The van der Waals surface area contributed by atoms with Crippen LogP contribution in [0, 0.1) is 0 Å². The van der Waals surface area contributed by atoms with Gasteiger partial charge in [-0.15, -0.1) is 0 Å². The van der Waals surface area contributed by atoms with Crippen LogP contribution in [0.1, 0.15) is 35.1 Å². The number of fused-ring (bicyclic) bond motifs is 1. The highest BCUT2D eigenvalue weighted by atomic mass is 16.5. The summed E-state index contributed by atoms with van der Waals surface area (Å²) in [6.45, 7) is 2.01. The fourth-order valence-electron chi connectivity index (χ4n) is 3.19. The van der Waals surface area contributed by atoms with Crippen molar-refractivity contribution in [3.8, 4) is 0 Å². The lowest BCUT2D eigenvalue weighted by Crippen LogP contribution is -2.43. The van der Waals surface area contributed by atoms with Gasteiger partial charge in [0.25, 0.3) is 0 Å². The van der Waals surface area contributed by atoms with Crippen molar-refractivity contribution in [1.82, 2.24) is 4.57 Å². The summed E-state index contributed by atoms with van der Waals surface area (Å²) in [5.74, 6) is -2.24. The molecule has 0 spiro atoms. The van der Waals surface area contributed by atoms with Gasteiger partial charge in [-0.2, -0.15) is 0 Å². The zero-order valence-corrected chi connectivity index (χ0v) is 13.2. The molecule has 1 aliphatic heterocycles. The van der Waals surface area contributed by atoms with E-state index in [1.165, 1.54) is 6.07 Å². The molecule has 1 aromatic heterocycles. The highest BCUT2D eigenvalue weighted by Crippen LogP contribution is 2.38. The molecule has 0 aliphatic carbocycles. The third-order valence-electron chi connectivity index (χ3n) is 4.39. The van der Waals surface area contributed by atoms with Gasteiger partial charge in [0, 0.05) is 17.8 Å². The fourth-order valence-corrected chi connectivity index (χ4v) is 3.19. The van der Waals surface area contributed by atoms with Gasteiger partial charge in [-0.3, -0.25) is 14.4 Å². The Labute approximate surface area is 138 Å². The first kappa shape index (κ1) is 16.0. The van der Waals surface area contributed by atoms with Crippen molar-refractivity contribution in [2.75, 3.05) is 6.61 Å². The molecule has 124 valence electrons. The Bertz CT molecular complexity index is 808. The van der Waals surface area contributed by atoms with Crippen molar-refractivity contribution < 1.29 is 24.2 Å². The predicted molar refractivity (Wildman–Crippen MR) is 84.9 cm³/mol. The number of hydrogen-bond donors (Lipinski definition) is 1. The maximum absolute atomic E-state index is 12.7. The van der Waals surface area contributed by atoms with E-state index in [2.05, 4.69) is 0 Å². The molecule has 3 rings (SSSR count). The second-order valence-corrected chi connectivity index (χ2v) is 5.63. The molecular formula is C18H17NO5. The number of hydrogen-bond acceptors (Lipinski definition) is 4. The summed E-state index contributed by atoms with van der Waals surface area (Å²) >= 11 is 0. The molecular weight excluding hydrogens is 310 g/mol. The summed E-state index contributed by atoms with van der Waals surface area (Å²) in [6, 6.07) is 11.9. The van der Waals surface area contributed by atoms with Crippen LogP contribution in [-0.4, -0.2) is 34.0 Å². The van der Waals surface area contributed by atoms with Crippen LogP contribution < -0.4 is 0 Å². The smallest absolute Gasteiger partial charge is 0.329 e. The number of carboxylic acid groups (broad SMARTS) is 1. The summed E-state index contributed by atoms with van der Waals surface area (Å²) in [4.78, 5) is 36.8. The highest BCUT2D eigenvalue weighted by Gasteiger charge is 2.54. The van der Waals surface area contributed by atoms with Gasteiger partial charge in [-0.25, -0.2) is 0 Å². The molecule has 2 aromatic rings. The second kappa shape index (κ2) is 5.96. The summed E-state index contributed by atoms with van der Waals surface area (Å²) < 4.78 is 6.60. The normalized spacial score (nSPS) is 18.9. The number of carbonyl (C=O) groups is 3. The van der Waals surface area contributed by atoms with Gasteiger partial charge >= 0.3 is 11.9 Å². The molecule has 0 saturated carbocycles. The molecule has 1 unspecified atom stereocenters. The van der Waals surface area contributed by atoms with E-state index in [4.69, 9.17) is 4.74 Å². The standard InChI is InChI=1S/C18H17NO5/c1-2-24-17(23)18(16(21)22)10-11-19-13(8-9-14(18)19)15(20)12-6-4-3-5-7-12/h3-9H,2,10-11H2,1H3,(H,21,22). The van der Waals surface area contributed by atoms with Crippen molar-refractivity contribution in [2.45, 2.75) is 25.3 Å². The first-order valence-corrected chi connectivity index (χ1v) is 7.72. The van der Waals surface area contributed by atoms with Crippen LogP contribution in [0.4, 0.5) is 0 Å². The summed E-state index contributed by atoms with van der Waals surface area (Å²) in [7, 11) is 0. The predicted octanol–water partition coefficient (Wildman–Crippen LogP) is 2.01. The van der Waals surface area contributed by atoms with E-state index in [0.717, 1.165) is 0 Å². The van der Waals surface area contributed by atoms with Crippen molar-refractivity contribution in [2.24, 2.45) is 0 Å². The topological polar surface area (TPSA) is 85.6 Å². The number of esters is 1. The molecule has 2 heterocycles. The van der Waals surface area contributed by atoms with E-state index in [-0.39, 0.29) is 25.4 Å². The Balaban J connectivity index is 2.05. The van der Waals surface area contributed by atoms with Crippen LogP contribution in [0.15, 0.2) is 42.5 Å². The van der Waals surface area contributed by atoms with Crippen molar-refractivity contribution in [3.05, 3.63) is 59.4 Å². The lowest BCUT2D eigenvalue weighted by atomic mass is 9.83. The number of nitrogens with zero attached hydrogens (tertiary/aromatic N) is 1. The number of rotatable bonds is 5. The number of benzene rings is 1. The Morgan fingerprint density at radius 2 is 1.88 bits per heavy atom. The Kier molecular flexibility index (Phi) is 3.97. The van der Waals surface area contributed by atoms with E-state index >= 15 is 0 Å². The lowest BCUT2D eigenvalue weighted by Gasteiger charge is -2.21. The minimum absolute atomic E-state index is 0.0758. The van der Waals surface area contributed by atoms with Gasteiger partial charge in [0.05, 0.1) is 12.3 Å². The van der Waals surface area contributed by atoms with E-state index in [0.29, 0.717) is 17.0 Å². The molecule has 0 amide bonds. The van der Waals surface area contributed by atoms with Crippen molar-refractivity contribution in [3.63, 3.8) is 0 Å². The number of aromatic nitrogens is 1. The van der Waals surface area contributed by atoms with E-state index in [1.807, 2.05) is 6.07 Å². The third-order valence-corrected chi connectivity index (χ3v) is 4.39. The highest BCUT2D eigenvalue weighted by molar-refractivity contribution is 6.10. The van der Waals surface area contributed by atoms with Crippen LogP contribution in [0.5, 0.6) is 0 Å². The van der Waals surface area contributed by atoms with Gasteiger partial charge in [-0.1, -0.05) is 30.3 Å². The number of ketones is 1. The Morgan fingerprint density at radius 3 is 2.50 bits per heavy atom. The minimum atomic E-state index is -1.74. The molecule has 1 N–H and O–H groups in total. The first-order valence-electron chi connectivity index (χ1n) is 7.72. The Morgan fingerprint density at radius 1 is 1.17 bits per heavy atom. The molecule has 0 bridgehead atoms. The molecule has 0 saturated heterocycles. The molecule has 0 fully saturated rings. The zero-order chi connectivity index (χ0) is 17.3. The van der Waals surface area contributed by atoms with Crippen LogP contribution in [0.2, 0.25) is 0 Å². The van der Waals surface area contributed by atoms with E-state index in [9.17, 15) is 19.5 Å². The van der Waals surface area contributed by atoms with Crippen LogP contribution in [0.3, 0.4) is 0 Å². The van der Waals surface area contributed by atoms with Crippen LogP contribution >= 0.6 is 0 Å². The van der Waals surface area contributed by atoms with E-state index in [1.54, 1.807) is 41.8 Å². The molecule has 0 radical (unpaired) electrons. The van der Waals surface area contributed by atoms with Gasteiger partial charge in [0.1, 0.15) is 0 Å². The van der Waals surface area contributed by atoms with Gasteiger partial charge in [0.2, 0.25) is 11.2 Å². The lowest BCUT2D eigenvalue weighted by molar-refractivity contribution is -0.161. The quantitative estimate of drug-likeness (QED) is 0.516. The summed E-state index contributed by atoms with van der Waals surface area (Å²) in [6.07, 6.45) is 0.0758. The average Bonchev–Trinajstić information content (AvgIpc) is 3.15. The number of ether oxygens (including phenoxy) is 1. The first-order chi connectivity index (χ1) is 11.5. The van der Waals surface area contributed by atoms with Gasteiger partial charge in [0.15, 0.2) is 0 Å². The number of aliphatic carboxylic acids is 1. The van der Waals surface area contributed by atoms with Crippen molar-refractivity contribution >= 4 is 17.7 Å². The van der Waals surface area contributed by atoms with Gasteiger partial charge in [-0.05, 0) is 25.5 Å². The minimum Gasteiger partial charge on any atom is -0.480 e. The van der Waals surface area contributed by atoms with Crippen LogP contribution in [-0.2, 0) is 26.3 Å². The molecule has 24 heavy (non-hydrogen) atoms. The summed E-state index contributed by atoms with van der Waals surface area (Å²) in [5, 5.41) is 9.67. The number of carboxylic acids is 1. The largest absolute Gasteiger partial charge is 0.480 e. The van der Waals surface area contributed by atoms with Gasteiger partial charge < -0.3 is 14.4 Å². The Hall–Kier alpha value is -2.89. The molecule has 6 heteroatoms. The van der Waals surface area contributed by atoms with Crippen LogP contribution in [0.25, 0.3) is 0 Å². The third kappa shape index (κ3) is 2.22. The molecule has 1 atom stereocenters. The number of carbonyl (C=O) groups excluding carboxylic acids is 2. The fraction of sp³-hybridized carbons (Fsp3) is 0.278. The monoisotopic (exact) mass is 327 g/mol.